The molecule has 0 spiro atoms. The van der Waals surface area contributed by atoms with Crippen LogP contribution in [0.4, 0.5) is 5.95 Å². The van der Waals surface area contributed by atoms with Gasteiger partial charge in [0.1, 0.15) is 0 Å². The molecule has 18 heavy (non-hydrogen) atoms. The minimum absolute atomic E-state index is 0.210. The van der Waals surface area contributed by atoms with Crippen LogP contribution in [0.3, 0.4) is 0 Å². The number of anilines is 1. The molecule has 0 saturated carbocycles. The van der Waals surface area contributed by atoms with Gasteiger partial charge in [-0.15, -0.1) is 0 Å². The van der Waals surface area contributed by atoms with E-state index >= 15 is 0 Å². The molecule has 1 aromatic rings. The van der Waals surface area contributed by atoms with Crippen molar-refractivity contribution in [3.05, 3.63) is 18.0 Å². The van der Waals surface area contributed by atoms with Crippen molar-refractivity contribution >= 4 is 5.95 Å². The molecule has 0 radical (unpaired) electrons. The molecule has 1 aromatic heterocycles. The number of nitrogens with two attached hydrogens (primary N) is 1. The Morgan fingerprint density at radius 2 is 1.89 bits per heavy atom. The molecule has 0 aromatic carbocycles. The second kappa shape index (κ2) is 8.03. The zero-order valence-corrected chi connectivity index (χ0v) is 11.9. The molecule has 0 saturated heterocycles. The number of aromatic nitrogens is 2. The lowest BCUT2D eigenvalue weighted by molar-refractivity contribution is 0.642. The Kier molecular flexibility index (Phi) is 6.65. The van der Waals surface area contributed by atoms with Gasteiger partial charge in [0, 0.05) is 32.0 Å². The van der Waals surface area contributed by atoms with Gasteiger partial charge in [-0.05, 0) is 24.8 Å². The lowest BCUT2D eigenvalue weighted by atomic mass is 10.1. The van der Waals surface area contributed by atoms with E-state index in [0.717, 1.165) is 30.9 Å². The van der Waals surface area contributed by atoms with E-state index in [9.17, 15) is 0 Å². The third-order valence-corrected chi connectivity index (χ3v) is 3.15. The molecule has 4 nitrogen and oxygen atoms in total. The molecule has 1 unspecified atom stereocenters. The Bertz CT molecular complexity index is 323. The summed E-state index contributed by atoms with van der Waals surface area (Å²) in [5, 5.41) is 0. The molecule has 2 N–H and O–H groups in total. The molecule has 4 heteroatoms. The topological polar surface area (TPSA) is 55.0 Å². The van der Waals surface area contributed by atoms with Crippen LogP contribution in [0, 0.1) is 0 Å². The molecule has 0 amide bonds. The average molecular weight is 250 g/mol. The van der Waals surface area contributed by atoms with Crippen LogP contribution in [0.5, 0.6) is 0 Å². The molecule has 1 rings (SSSR count). The van der Waals surface area contributed by atoms with Crippen LogP contribution >= 0.6 is 0 Å². The zero-order valence-electron chi connectivity index (χ0n) is 11.9. The molecule has 0 bridgehead atoms. The smallest absolute Gasteiger partial charge is 0.224 e. The summed E-state index contributed by atoms with van der Waals surface area (Å²) >= 11 is 0. The fourth-order valence-electron chi connectivity index (χ4n) is 1.80. The van der Waals surface area contributed by atoms with Gasteiger partial charge in [0.2, 0.25) is 5.95 Å². The highest BCUT2D eigenvalue weighted by molar-refractivity contribution is 5.28. The van der Waals surface area contributed by atoms with Crippen molar-refractivity contribution in [3.8, 4) is 0 Å². The first-order chi connectivity index (χ1) is 8.67. The van der Waals surface area contributed by atoms with Gasteiger partial charge in [0.25, 0.3) is 0 Å². The number of nitrogens with zero attached hydrogens (tertiary/aromatic N) is 3. The SMILES string of the molecule is CCCCCN(C)c1ncc(CC(N)CC)cn1. The third kappa shape index (κ3) is 5.00. The monoisotopic (exact) mass is 250 g/mol. The van der Waals surface area contributed by atoms with Gasteiger partial charge in [-0.25, -0.2) is 9.97 Å². The van der Waals surface area contributed by atoms with Crippen molar-refractivity contribution in [2.24, 2.45) is 5.73 Å². The van der Waals surface area contributed by atoms with E-state index in [1.807, 2.05) is 19.4 Å². The van der Waals surface area contributed by atoms with Crippen molar-refractivity contribution in [3.63, 3.8) is 0 Å². The van der Waals surface area contributed by atoms with E-state index in [4.69, 9.17) is 5.73 Å². The summed E-state index contributed by atoms with van der Waals surface area (Å²) in [6, 6.07) is 0.210. The van der Waals surface area contributed by atoms with Crippen LogP contribution in [-0.2, 0) is 6.42 Å². The van der Waals surface area contributed by atoms with Crippen LogP contribution in [0.1, 0.15) is 45.1 Å². The lowest BCUT2D eigenvalue weighted by Crippen LogP contribution is -2.23. The zero-order chi connectivity index (χ0) is 13.4. The van der Waals surface area contributed by atoms with Gasteiger partial charge in [0.15, 0.2) is 0 Å². The van der Waals surface area contributed by atoms with Crippen LogP contribution in [0.15, 0.2) is 12.4 Å². The van der Waals surface area contributed by atoms with Gasteiger partial charge in [-0.2, -0.15) is 0 Å². The summed E-state index contributed by atoms with van der Waals surface area (Å²) in [5.74, 6) is 0.805. The van der Waals surface area contributed by atoms with Crippen LogP contribution in [0.25, 0.3) is 0 Å². The van der Waals surface area contributed by atoms with Crippen molar-refractivity contribution in [2.45, 2.75) is 52.0 Å². The van der Waals surface area contributed by atoms with Gasteiger partial charge < -0.3 is 10.6 Å². The normalized spacial score (nSPS) is 12.4. The first kappa shape index (κ1) is 14.9. The van der Waals surface area contributed by atoms with E-state index in [0.29, 0.717) is 0 Å². The summed E-state index contributed by atoms with van der Waals surface area (Å²) in [4.78, 5) is 10.9. The number of hydrogen-bond donors (Lipinski definition) is 1. The van der Waals surface area contributed by atoms with E-state index in [2.05, 4.69) is 28.7 Å². The molecular formula is C14H26N4. The Morgan fingerprint density at radius 1 is 1.22 bits per heavy atom. The minimum atomic E-state index is 0.210. The molecule has 0 aliphatic carbocycles. The summed E-state index contributed by atoms with van der Waals surface area (Å²) in [7, 11) is 2.04. The quantitative estimate of drug-likeness (QED) is 0.720. The molecular weight excluding hydrogens is 224 g/mol. The average Bonchev–Trinajstić information content (AvgIpc) is 2.39. The Hall–Kier alpha value is -1.16. The fraction of sp³-hybridized carbons (Fsp3) is 0.714. The summed E-state index contributed by atoms with van der Waals surface area (Å²) in [5.41, 5.74) is 7.04. The predicted molar refractivity (Wildman–Crippen MR) is 76.8 cm³/mol. The van der Waals surface area contributed by atoms with E-state index in [1.54, 1.807) is 0 Å². The van der Waals surface area contributed by atoms with Gasteiger partial charge >= 0.3 is 0 Å². The lowest BCUT2D eigenvalue weighted by Gasteiger charge is -2.17. The third-order valence-electron chi connectivity index (χ3n) is 3.15. The van der Waals surface area contributed by atoms with Crippen LogP contribution < -0.4 is 10.6 Å². The van der Waals surface area contributed by atoms with E-state index in [-0.39, 0.29) is 6.04 Å². The highest BCUT2D eigenvalue weighted by atomic mass is 15.2. The number of rotatable bonds is 8. The second-order valence-corrected chi connectivity index (χ2v) is 4.89. The maximum atomic E-state index is 5.92. The summed E-state index contributed by atoms with van der Waals surface area (Å²) in [6.07, 6.45) is 9.33. The number of hydrogen-bond acceptors (Lipinski definition) is 4. The van der Waals surface area contributed by atoms with Crippen LogP contribution in [0.2, 0.25) is 0 Å². The molecule has 0 aliphatic rings. The minimum Gasteiger partial charge on any atom is -0.344 e. The number of unbranched alkanes of at least 4 members (excludes halogenated alkanes) is 2. The largest absolute Gasteiger partial charge is 0.344 e. The molecule has 0 aliphatic heterocycles. The Balaban J connectivity index is 2.48. The molecule has 1 heterocycles. The Labute approximate surface area is 111 Å². The van der Waals surface area contributed by atoms with E-state index in [1.165, 1.54) is 19.3 Å². The predicted octanol–water partition coefficient (Wildman–Crippen LogP) is 2.38. The van der Waals surface area contributed by atoms with Crippen molar-refractivity contribution in [1.29, 1.82) is 0 Å². The Morgan fingerprint density at radius 3 is 2.44 bits per heavy atom. The highest BCUT2D eigenvalue weighted by Gasteiger charge is 2.06. The first-order valence-corrected chi connectivity index (χ1v) is 6.95. The van der Waals surface area contributed by atoms with Gasteiger partial charge in [-0.3, -0.25) is 0 Å². The van der Waals surface area contributed by atoms with Crippen LogP contribution in [-0.4, -0.2) is 29.6 Å². The fourth-order valence-corrected chi connectivity index (χ4v) is 1.80. The maximum absolute atomic E-state index is 5.92. The second-order valence-electron chi connectivity index (χ2n) is 4.89. The van der Waals surface area contributed by atoms with Crippen molar-refractivity contribution < 1.29 is 0 Å². The standard InChI is InChI=1S/C14H26N4/c1-4-6-7-8-18(3)14-16-10-12(11-17-14)9-13(15)5-2/h10-11,13H,4-9,15H2,1-3H3. The molecule has 0 fully saturated rings. The first-order valence-electron chi connectivity index (χ1n) is 6.95. The van der Waals surface area contributed by atoms with Gasteiger partial charge in [0.05, 0.1) is 0 Å². The van der Waals surface area contributed by atoms with E-state index < -0.39 is 0 Å². The molecule has 102 valence electrons. The van der Waals surface area contributed by atoms with Crippen molar-refractivity contribution in [2.75, 3.05) is 18.5 Å². The van der Waals surface area contributed by atoms with Crippen molar-refractivity contribution in [1.82, 2.24) is 9.97 Å². The maximum Gasteiger partial charge on any atom is 0.224 e. The summed E-state index contributed by atoms with van der Waals surface area (Å²) in [6.45, 7) is 5.32. The highest BCUT2D eigenvalue weighted by Crippen LogP contribution is 2.08. The molecule has 1 atom stereocenters. The summed E-state index contributed by atoms with van der Waals surface area (Å²) < 4.78 is 0. The van der Waals surface area contributed by atoms with Gasteiger partial charge in [-0.1, -0.05) is 26.7 Å².